The molecule has 5 nitrogen and oxygen atoms in total. The largest absolute Gasteiger partial charge is 0.497 e. The Hall–Kier alpha value is -2.66. The molecule has 1 aromatic carbocycles. The van der Waals surface area contributed by atoms with Crippen LogP contribution < -0.4 is 4.74 Å². The number of nitrogens with zero attached hydrogens (tertiary/aromatic N) is 2. The fraction of sp³-hybridized carbons (Fsp3) is 0.125. The van der Waals surface area contributed by atoms with Gasteiger partial charge in [0.15, 0.2) is 5.76 Å². The first-order chi connectivity index (χ1) is 10.3. The molecule has 0 saturated heterocycles. The number of aliphatic hydroxyl groups excluding tert-OH is 1. The molecule has 0 bridgehead atoms. The number of pyridine rings is 1. The van der Waals surface area contributed by atoms with E-state index >= 15 is 0 Å². The summed E-state index contributed by atoms with van der Waals surface area (Å²) in [6.07, 6.45) is 1.66. The SMILES string of the molecule is COc1ccc(-c2cnc(-c3cccc(CO)n3)o2)cc1. The zero-order valence-electron chi connectivity index (χ0n) is 11.5. The smallest absolute Gasteiger partial charge is 0.245 e. The van der Waals surface area contributed by atoms with Gasteiger partial charge in [0.25, 0.3) is 0 Å². The fourth-order valence-electron chi connectivity index (χ4n) is 1.97. The number of hydrogen-bond donors (Lipinski definition) is 1. The van der Waals surface area contributed by atoms with Gasteiger partial charge in [-0.05, 0) is 36.4 Å². The summed E-state index contributed by atoms with van der Waals surface area (Å²) in [5, 5.41) is 9.12. The van der Waals surface area contributed by atoms with Crippen molar-refractivity contribution < 1.29 is 14.3 Å². The van der Waals surface area contributed by atoms with Crippen molar-refractivity contribution in [2.24, 2.45) is 0 Å². The van der Waals surface area contributed by atoms with Crippen LogP contribution in [0.3, 0.4) is 0 Å². The highest BCUT2D eigenvalue weighted by atomic mass is 16.5. The lowest BCUT2D eigenvalue weighted by Gasteiger charge is -2.00. The molecule has 0 atom stereocenters. The van der Waals surface area contributed by atoms with Gasteiger partial charge in [-0.25, -0.2) is 9.97 Å². The van der Waals surface area contributed by atoms with Crippen LogP contribution in [0.25, 0.3) is 22.9 Å². The molecule has 1 N–H and O–H groups in total. The van der Waals surface area contributed by atoms with Crippen LogP contribution >= 0.6 is 0 Å². The number of benzene rings is 1. The van der Waals surface area contributed by atoms with Crippen LogP contribution in [-0.4, -0.2) is 22.2 Å². The summed E-state index contributed by atoms with van der Waals surface area (Å²) in [7, 11) is 1.63. The molecule has 0 fully saturated rings. The summed E-state index contributed by atoms with van der Waals surface area (Å²) in [6.45, 7) is -0.111. The summed E-state index contributed by atoms with van der Waals surface area (Å²) >= 11 is 0. The van der Waals surface area contributed by atoms with E-state index in [-0.39, 0.29) is 6.61 Å². The minimum absolute atomic E-state index is 0.111. The average molecular weight is 282 g/mol. The summed E-state index contributed by atoms with van der Waals surface area (Å²) in [5.74, 6) is 1.87. The number of methoxy groups -OCH3 is 1. The third-order valence-electron chi connectivity index (χ3n) is 3.07. The van der Waals surface area contributed by atoms with E-state index in [2.05, 4.69) is 9.97 Å². The predicted octanol–water partition coefficient (Wildman–Crippen LogP) is 2.90. The predicted molar refractivity (Wildman–Crippen MR) is 77.6 cm³/mol. The van der Waals surface area contributed by atoms with Gasteiger partial charge in [0, 0.05) is 5.56 Å². The summed E-state index contributed by atoms with van der Waals surface area (Å²) < 4.78 is 10.9. The van der Waals surface area contributed by atoms with Gasteiger partial charge in [-0.1, -0.05) is 6.07 Å². The molecule has 0 aliphatic heterocycles. The van der Waals surface area contributed by atoms with E-state index in [1.807, 2.05) is 30.3 Å². The normalized spacial score (nSPS) is 10.6. The Bertz CT molecular complexity index is 735. The minimum atomic E-state index is -0.111. The van der Waals surface area contributed by atoms with Crippen molar-refractivity contribution in [2.45, 2.75) is 6.61 Å². The molecule has 3 rings (SSSR count). The molecule has 0 radical (unpaired) electrons. The van der Waals surface area contributed by atoms with E-state index in [1.165, 1.54) is 0 Å². The molecule has 21 heavy (non-hydrogen) atoms. The Labute approximate surface area is 121 Å². The van der Waals surface area contributed by atoms with Gasteiger partial charge in [0.05, 0.1) is 25.6 Å². The molecular formula is C16H14N2O3. The van der Waals surface area contributed by atoms with Crippen LogP contribution in [0.5, 0.6) is 5.75 Å². The van der Waals surface area contributed by atoms with Crippen LogP contribution in [0.1, 0.15) is 5.69 Å². The Morgan fingerprint density at radius 3 is 2.67 bits per heavy atom. The number of oxazole rings is 1. The van der Waals surface area contributed by atoms with Gasteiger partial charge in [0.1, 0.15) is 11.4 Å². The molecule has 5 heteroatoms. The van der Waals surface area contributed by atoms with Crippen molar-refractivity contribution in [3.63, 3.8) is 0 Å². The first kappa shape index (κ1) is 13.3. The first-order valence-electron chi connectivity index (χ1n) is 6.47. The van der Waals surface area contributed by atoms with E-state index in [1.54, 1.807) is 25.4 Å². The lowest BCUT2D eigenvalue weighted by molar-refractivity contribution is 0.277. The number of aromatic nitrogens is 2. The van der Waals surface area contributed by atoms with Gasteiger partial charge >= 0.3 is 0 Å². The molecule has 0 aliphatic carbocycles. The van der Waals surface area contributed by atoms with Gasteiger partial charge < -0.3 is 14.3 Å². The molecule has 0 saturated carbocycles. The van der Waals surface area contributed by atoms with Crippen LogP contribution in [0, 0.1) is 0 Å². The maximum absolute atomic E-state index is 9.12. The Morgan fingerprint density at radius 2 is 1.95 bits per heavy atom. The number of hydrogen-bond acceptors (Lipinski definition) is 5. The van der Waals surface area contributed by atoms with Gasteiger partial charge in [-0.2, -0.15) is 0 Å². The molecule has 0 amide bonds. The maximum Gasteiger partial charge on any atom is 0.245 e. The van der Waals surface area contributed by atoms with Crippen molar-refractivity contribution in [2.75, 3.05) is 7.11 Å². The lowest BCUT2D eigenvalue weighted by atomic mass is 10.2. The molecule has 106 valence electrons. The quantitative estimate of drug-likeness (QED) is 0.796. The number of ether oxygens (including phenoxy) is 1. The topological polar surface area (TPSA) is 68.4 Å². The second-order valence-electron chi connectivity index (χ2n) is 4.43. The van der Waals surface area contributed by atoms with Crippen molar-refractivity contribution >= 4 is 0 Å². The average Bonchev–Trinajstić information content (AvgIpc) is 3.05. The zero-order chi connectivity index (χ0) is 14.7. The minimum Gasteiger partial charge on any atom is -0.497 e. The highest BCUT2D eigenvalue weighted by molar-refractivity contribution is 5.60. The first-order valence-corrected chi connectivity index (χ1v) is 6.47. The van der Waals surface area contributed by atoms with Gasteiger partial charge in [-0.15, -0.1) is 0 Å². The fourth-order valence-corrected chi connectivity index (χ4v) is 1.97. The van der Waals surface area contributed by atoms with Crippen LogP contribution in [0.15, 0.2) is 53.1 Å². The molecule has 3 aromatic rings. The van der Waals surface area contributed by atoms with Crippen LogP contribution in [0.2, 0.25) is 0 Å². The Balaban J connectivity index is 1.91. The van der Waals surface area contributed by atoms with E-state index in [0.717, 1.165) is 11.3 Å². The Kier molecular flexibility index (Phi) is 3.66. The highest BCUT2D eigenvalue weighted by Crippen LogP contribution is 2.26. The highest BCUT2D eigenvalue weighted by Gasteiger charge is 2.10. The third-order valence-corrected chi connectivity index (χ3v) is 3.07. The second kappa shape index (κ2) is 5.76. The van der Waals surface area contributed by atoms with Crippen molar-refractivity contribution in [3.8, 4) is 28.7 Å². The van der Waals surface area contributed by atoms with Crippen molar-refractivity contribution in [1.82, 2.24) is 9.97 Å². The standard InChI is InChI=1S/C16H14N2O3/c1-20-13-7-5-11(6-8-13)15-9-17-16(21-15)14-4-2-3-12(10-19)18-14/h2-9,19H,10H2,1H3. The maximum atomic E-state index is 9.12. The monoisotopic (exact) mass is 282 g/mol. The third kappa shape index (κ3) is 2.78. The zero-order valence-corrected chi connectivity index (χ0v) is 11.5. The Morgan fingerprint density at radius 1 is 1.14 bits per heavy atom. The van der Waals surface area contributed by atoms with E-state index in [4.69, 9.17) is 14.3 Å². The molecule has 0 unspecified atom stereocenters. The summed E-state index contributed by atoms with van der Waals surface area (Å²) in [5.41, 5.74) is 2.09. The number of rotatable bonds is 4. The van der Waals surface area contributed by atoms with Gasteiger partial charge in [-0.3, -0.25) is 0 Å². The van der Waals surface area contributed by atoms with Gasteiger partial charge in [0.2, 0.25) is 5.89 Å². The molecule has 2 aromatic heterocycles. The second-order valence-corrected chi connectivity index (χ2v) is 4.43. The summed E-state index contributed by atoms with van der Waals surface area (Å²) in [6, 6.07) is 12.9. The molecule has 2 heterocycles. The molecular weight excluding hydrogens is 268 g/mol. The summed E-state index contributed by atoms with van der Waals surface area (Å²) in [4.78, 5) is 8.51. The lowest BCUT2D eigenvalue weighted by Crippen LogP contribution is -1.90. The van der Waals surface area contributed by atoms with Crippen LogP contribution in [0.4, 0.5) is 0 Å². The van der Waals surface area contributed by atoms with E-state index in [0.29, 0.717) is 23.0 Å². The van der Waals surface area contributed by atoms with E-state index < -0.39 is 0 Å². The van der Waals surface area contributed by atoms with E-state index in [9.17, 15) is 0 Å². The number of aliphatic hydroxyl groups is 1. The molecule has 0 spiro atoms. The van der Waals surface area contributed by atoms with Crippen molar-refractivity contribution in [1.29, 1.82) is 0 Å². The molecule has 0 aliphatic rings. The van der Waals surface area contributed by atoms with Crippen LogP contribution in [-0.2, 0) is 6.61 Å². The van der Waals surface area contributed by atoms with Crippen molar-refractivity contribution in [3.05, 3.63) is 54.4 Å².